The predicted molar refractivity (Wildman–Crippen MR) is 157 cm³/mol. The van der Waals surface area contributed by atoms with E-state index in [-0.39, 0.29) is 23.0 Å². The second-order valence-corrected chi connectivity index (χ2v) is 10.2. The van der Waals surface area contributed by atoms with Gasteiger partial charge in [-0.2, -0.15) is 0 Å². The Morgan fingerprint density at radius 3 is 2.23 bits per heavy atom. The average molecular weight is 559 g/mol. The Kier molecular flexibility index (Phi) is 7.59. The highest BCUT2D eigenvalue weighted by molar-refractivity contribution is 6.34. The number of Topliss-reactive ketones (excluding diaryl/α,β-unsaturated/α-hetero) is 1. The van der Waals surface area contributed by atoms with Crippen molar-refractivity contribution in [1.29, 1.82) is 5.41 Å². The van der Waals surface area contributed by atoms with E-state index in [0.717, 1.165) is 5.56 Å². The Labute approximate surface area is 238 Å². The molecule has 3 aromatic carbocycles. The van der Waals surface area contributed by atoms with Crippen molar-refractivity contribution in [2.45, 2.75) is 32.1 Å². The zero-order valence-corrected chi connectivity index (χ0v) is 23.6. The molecule has 206 valence electrons. The van der Waals surface area contributed by atoms with Crippen molar-refractivity contribution in [2.75, 3.05) is 26.2 Å². The van der Waals surface area contributed by atoms with Gasteiger partial charge in [-0.05, 0) is 49.6 Å². The second kappa shape index (κ2) is 11.1. The zero-order valence-electron chi connectivity index (χ0n) is 22.9. The minimum atomic E-state index is -0.760. The number of anilines is 1. The number of carbonyl (C=O) groups is 1. The minimum Gasteiger partial charge on any atom is -0.507 e. The molecule has 0 amide bonds. The molecular weight excluding hydrogens is 528 g/mol. The number of ether oxygens (including phenoxy) is 3. The van der Waals surface area contributed by atoms with Gasteiger partial charge in [0, 0.05) is 34.7 Å². The molecule has 2 aliphatic rings. The summed E-state index contributed by atoms with van der Waals surface area (Å²) < 4.78 is 16.8. The SMILES string of the molecule is COc1cc([C@H]2C(=C(O)c3ccc(C)cc3)C(=N)N(c3ccccc3Cl)C3=C2C(=O)CCC3)cc(OC)c1OC. The van der Waals surface area contributed by atoms with Gasteiger partial charge in [0.2, 0.25) is 5.75 Å². The minimum absolute atomic E-state index is 0.0402. The van der Waals surface area contributed by atoms with Crippen molar-refractivity contribution >= 4 is 34.7 Å². The zero-order chi connectivity index (χ0) is 28.6. The molecule has 0 radical (unpaired) electrons. The highest BCUT2D eigenvalue weighted by Crippen LogP contribution is 2.51. The van der Waals surface area contributed by atoms with Gasteiger partial charge in [0.1, 0.15) is 11.6 Å². The Balaban J connectivity index is 1.88. The van der Waals surface area contributed by atoms with E-state index in [1.165, 1.54) is 21.3 Å². The normalized spacial score (nSPS) is 18.4. The van der Waals surface area contributed by atoms with Crippen LogP contribution < -0.4 is 19.1 Å². The first-order valence-corrected chi connectivity index (χ1v) is 13.4. The third kappa shape index (κ3) is 4.60. The molecule has 0 bridgehead atoms. The van der Waals surface area contributed by atoms with Crippen LogP contribution in [0.5, 0.6) is 17.2 Å². The van der Waals surface area contributed by atoms with Gasteiger partial charge in [-0.3, -0.25) is 15.1 Å². The first-order chi connectivity index (χ1) is 19.3. The third-order valence-electron chi connectivity index (χ3n) is 7.45. The van der Waals surface area contributed by atoms with E-state index < -0.39 is 5.92 Å². The molecular formula is C32H31ClN2O5. The Morgan fingerprint density at radius 2 is 1.62 bits per heavy atom. The molecule has 3 aromatic rings. The molecule has 0 spiro atoms. The smallest absolute Gasteiger partial charge is 0.203 e. The summed E-state index contributed by atoms with van der Waals surface area (Å²) >= 11 is 6.65. The molecule has 5 rings (SSSR count). The summed E-state index contributed by atoms with van der Waals surface area (Å²) in [6.45, 7) is 1.96. The number of nitrogens with one attached hydrogen (secondary N) is 1. The molecule has 8 heteroatoms. The lowest BCUT2D eigenvalue weighted by Gasteiger charge is -2.42. The fourth-order valence-corrected chi connectivity index (χ4v) is 5.78. The van der Waals surface area contributed by atoms with Crippen LogP contribution in [0.4, 0.5) is 5.69 Å². The number of aliphatic hydroxyl groups is 1. The highest BCUT2D eigenvalue weighted by Gasteiger charge is 2.44. The summed E-state index contributed by atoms with van der Waals surface area (Å²) in [5.74, 6) is 0.384. The molecule has 2 N–H and O–H groups in total. The van der Waals surface area contributed by atoms with E-state index in [0.29, 0.717) is 69.6 Å². The number of nitrogens with zero attached hydrogens (tertiary/aromatic N) is 1. The monoisotopic (exact) mass is 558 g/mol. The number of allylic oxidation sites excluding steroid dienone is 2. The first-order valence-electron chi connectivity index (χ1n) is 13.0. The van der Waals surface area contributed by atoms with Crippen molar-refractivity contribution in [3.63, 3.8) is 0 Å². The Bertz CT molecular complexity index is 1530. The molecule has 0 fully saturated rings. The maximum absolute atomic E-state index is 13.8. The number of ketones is 1. The van der Waals surface area contributed by atoms with Crippen LogP contribution in [0.2, 0.25) is 5.02 Å². The Hall–Kier alpha value is -4.23. The molecule has 0 aromatic heterocycles. The first kappa shape index (κ1) is 27.3. The molecule has 1 aliphatic heterocycles. The highest BCUT2D eigenvalue weighted by atomic mass is 35.5. The van der Waals surface area contributed by atoms with Crippen molar-refractivity contribution in [3.05, 3.63) is 99.2 Å². The van der Waals surface area contributed by atoms with Crippen molar-refractivity contribution in [2.24, 2.45) is 0 Å². The molecule has 0 unspecified atom stereocenters. The lowest BCUT2D eigenvalue weighted by molar-refractivity contribution is -0.116. The van der Waals surface area contributed by atoms with Crippen LogP contribution >= 0.6 is 11.6 Å². The number of hydrogen-bond acceptors (Lipinski definition) is 6. The van der Waals surface area contributed by atoms with Crippen LogP contribution in [0.15, 0.2) is 77.5 Å². The summed E-state index contributed by atoms with van der Waals surface area (Å²) in [4.78, 5) is 15.5. The van der Waals surface area contributed by atoms with E-state index in [4.69, 9.17) is 25.8 Å². The molecule has 1 atom stereocenters. The van der Waals surface area contributed by atoms with Crippen LogP contribution in [0.3, 0.4) is 0 Å². The van der Waals surface area contributed by atoms with E-state index >= 15 is 0 Å². The number of halogens is 1. The predicted octanol–water partition coefficient (Wildman–Crippen LogP) is 7.23. The van der Waals surface area contributed by atoms with Gasteiger partial charge in [-0.15, -0.1) is 0 Å². The van der Waals surface area contributed by atoms with Crippen molar-refractivity contribution in [3.8, 4) is 17.2 Å². The van der Waals surface area contributed by atoms with Crippen molar-refractivity contribution in [1.82, 2.24) is 0 Å². The summed E-state index contributed by atoms with van der Waals surface area (Å²) in [5.41, 5.74) is 4.29. The van der Waals surface area contributed by atoms with Gasteiger partial charge in [0.25, 0.3) is 0 Å². The van der Waals surface area contributed by atoms with Crippen LogP contribution in [-0.2, 0) is 4.79 Å². The van der Waals surface area contributed by atoms with Crippen LogP contribution in [0, 0.1) is 12.3 Å². The van der Waals surface area contributed by atoms with Gasteiger partial charge < -0.3 is 19.3 Å². The van der Waals surface area contributed by atoms with E-state index in [2.05, 4.69) is 0 Å². The maximum atomic E-state index is 13.8. The largest absolute Gasteiger partial charge is 0.507 e. The fraction of sp³-hybridized carbons (Fsp3) is 0.250. The Morgan fingerprint density at radius 1 is 0.975 bits per heavy atom. The van der Waals surface area contributed by atoms with Gasteiger partial charge in [-0.25, -0.2) is 0 Å². The summed E-state index contributed by atoms with van der Waals surface area (Å²) in [7, 11) is 4.58. The molecule has 1 heterocycles. The quantitative estimate of drug-likeness (QED) is 0.310. The molecule has 1 aliphatic carbocycles. The number of aliphatic hydroxyl groups excluding tert-OH is 1. The lowest BCUT2D eigenvalue weighted by Crippen LogP contribution is -2.42. The van der Waals surface area contributed by atoms with Gasteiger partial charge in [0.15, 0.2) is 17.3 Å². The van der Waals surface area contributed by atoms with E-state index in [9.17, 15) is 15.3 Å². The third-order valence-corrected chi connectivity index (χ3v) is 7.77. The summed E-state index contributed by atoms with van der Waals surface area (Å²) in [5, 5.41) is 21.8. The molecule has 0 saturated heterocycles. The van der Waals surface area contributed by atoms with Gasteiger partial charge in [0.05, 0.1) is 32.0 Å². The van der Waals surface area contributed by atoms with Crippen LogP contribution in [0.25, 0.3) is 5.76 Å². The van der Waals surface area contributed by atoms with Gasteiger partial charge in [-0.1, -0.05) is 53.6 Å². The van der Waals surface area contributed by atoms with Crippen LogP contribution in [-0.4, -0.2) is 38.1 Å². The van der Waals surface area contributed by atoms with E-state index in [1.807, 2.05) is 49.4 Å². The number of amidine groups is 1. The number of carbonyl (C=O) groups excluding carboxylic acids is 1. The number of benzene rings is 3. The second-order valence-electron chi connectivity index (χ2n) is 9.79. The lowest BCUT2D eigenvalue weighted by atomic mass is 9.73. The summed E-state index contributed by atoms with van der Waals surface area (Å²) in [6, 6.07) is 18.2. The molecule has 40 heavy (non-hydrogen) atoms. The number of hydrogen-bond donors (Lipinski definition) is 2. The topological polar surface area (TPSA) is 92.1 Å². The average Bonchev–Trinajstić information content (AvgIpc) is 2.96. The summed E-state index contributed by atoms with van der Waals surface area (Å²) in [6.07, 6.45) is 1.59. The number of aryl methyl sites for hydroxylation is 1. The molecule has 7 nitrogen and oxygen atoms in total. The number of para-hydroxylation sites is 1. The number of rotatable bonds is 6. The standard InChI is InChI=1S/C32H31ClN2O5/c1-18-12-14-19(15-13-18)30(37)29-27(20-16-25(38-2)31(40-4)26(17-20)39-3)28-23(10-7-11-24(28)36)35(32(29)34)22-9-6-5-8-21(22)33/h5-6,8-9,12-17,27,34,37H,7,10-11H2,1-4H3/t27-/m1/s1. The molecule has 0 saturated carbocycles. The van der Waals surface area contributed by atoms with Gasteiger partial charge >= 0.3 is 0 Å². The van der Waals surface area contributed by atoms with E-state index in [1.54, 1.807) is 23.1 Å². The fourth-order valence-electron chi connectivity index (χ4n) is 5.56. The van der Waals surface area contributed by atoms with Crippen molar-refractivity contribution < 1.29 is 24.1 Å². The maximum Gasteiger partial charge on any atom is 0.203 e. The van der Waals surface area contributed by atoms with Crippen LogP contribution in [0.1, 0.15) is 41.9 Å². The number of methoxy groups -OCH3 is 3.